The van der Waals surface area contributed by atoms with Gasteiger partial charge < -0.3 is 15.4 Å². The van der Waals surface area contributed by atoms with Crippen LogP contribution in [0, 0.1) is 5.82 Å². The minimum atomic E-state index is -0.874. The van der Waals surface area contributed by atoms with Gasteiger partial charge in [0.15, 0.2) is 0 Å². The second-order valence-corrected chi connectivity index (χ2v) is 6.49. The molecule has 0 atom stereocenters. The zero-order chi connectivity index (χ0) is 18.8. The third-order valence-corrected chi connectivity index (χ3v) is 4.76. The van der Waals surface area contributed by atoms with Crippen molar-refractivity contribution in [3.05, 3.63) is 46.0 Å². The minimum absolute atomic E-state index is 0.0217. The number of hydrogen-bond acceptors (Lipinski definition) is 4. The fraction of sp³-hybridized carbons (Fsp3) is 0.389. The molecule has 0 unspecified atom stereocenters. The lowest BCUT2D eigenvalue weighted by molar-refractivity contribution is -0.139. The summed E-state index contributed by atoms with van der Waals surface area (Å²) in [7, 11) is 0. The fourth-order valence-electron chi connectivity index (χ4n) is 3.36. The maximum Gasteiger partial charge on any atom is 0.317 e. The van der Waals surface area contributed by atoms with Gasteiger partial charge in [-0.05, 0) is 37.6 Å². The SMILES string of the molecule is CCN(CC(=O)O)C1CC(NC(=O)c2cc(=O)[nH]c3cc(F)ccc23)C1. The van der Waals surface area contributed by atoms with Gasteiger partial charge in [-0.15, -0.1) is 0 Å². The summed E-state index contributed by atoms with van der Waals surface area (Å²) in [5, 5.41) is 12.3. The first-order valence-electron chi connectivity index (χ1n) is 8.46. The molecule has 1 aromatic heterocycles. The van der Waals surface area contributed by atoms with Crippen molar-refractivity contribution in [1.29, 1.82) is 0 Å². The van der Waals surface area contributed by atoms with E-state index in [4.69, 9.17) is 5.11 Å². The number of amides is 1. The molecule has 0 spiro atoms. The number of carbonyl (C=O) groups is 2. The van der Waals surface area contributed by atoms with Crippen LogP contribution in [0.3, 0.4) is 0 Å². The molecule has 1 heterocycles. The van der Waals surface area contributed by atoms with Crippen molar-refractivity contribution in [1.82, 2.24) is 15.2 Å². The van der Waals surface area contributed by atoms with Gasteiger partial charge in [0.25, 0.3) is 5.91 Å². The maximum absolute atomic E-state index is 13.3. The molecule has 1 fully saturated rings. The summed E-state index contributed by atoms with van der Waals surface area (Å²) in [5.41, 5.74) is -0.00353. The van der Waals surface area contributed by atoms with Gasteiger partial charge in [0.05, 0.1) is 17.6 Å². The number of aromatic nitrogens is 1. The summed E-state index contributed by atoms with van der Waals surface area (Å²) in [6.07, 6.45) is 1.31. The minimum Gasteiger partial charge on any atom is -0.480 e. The van der Waals surface area contributed by atoms with Gasteiger partial charge in [-0.2, -0.15) is 0 Å². The van der Waals surface area contributed by atoms with E-state index in [2.05, 4.69) is 10.3 Å². The first-order valence-corrected chi connectivity index (χ1v) is 8.46. The quantitative estimate of drug-likeness (QED) is 0.720. The van der Waals surface area contributed by atoms with E-state index >= 15 is 0 Å². The zero-order valence-corrected chi connectivity index (χ0v) is 14.3. The summed E-state index contributed by atoms with van der Waals surface area (Å²) in [6, 6.07) is 5.12. The van der Waals surface area contributed by atoms with Crippen molar-refractivity contribution in [2.24, 2.45) is 0 Å². The molecule has 0 bridgehead atoms. The number of carboxylic acids is 1. The molecule has 0 aliphatic heterocycles. The maximum atomic E-state index is 13.3. The molecule has 3 rings (SSSR count). The number of carbonyl (C=O) groups excluding carboxylic acids is 1. The van der Waals surface area contributed by atoms with Gasteiger partial charge in [-0.3, -0.25) is 19.3 Å². The molecule has 1 aromatic carbocycles. The van der Waals surface area contributed by atoms with E-state index in [1.54, 1.807) is 0 Å². The normalized spacial score (nSPS) is 19.3. The largest absolute Gasteiger partial charge is 0.480 e. The van der Waals surface area contributed by atoms with Crippen LogP contribution >= 0.6 is 0 Å². The van der Waals surface area contributed by atoms with Gasteiger partial charge in [-0.25, -0.2) is 4.39 Å². The summed E-state index contributed by atoms with van der Waals surface area (Å²) in [6.45, 7) is 2.50. The Balaban J connectivity index is 1.70. The second-order valence-electron chi connectivity index (χ2n) is 6.49. The van der Waals surface area contributed by atoms with Crippen molar-refractivity contribution in [3.63, 3.8) is 0 Å². The molecular weight excluding hydrogens is 341 g/mol. The molecule has 1 amide bonds. The second kappa shape index (κ2) is 7.25. The average Bonchev–Trinajstić information content (AvgIpc) is 2.54. The van der Waals surface area contributed by atoms with Crippen LogP contribution in [0.2, 0.25) is 0 Å². The smallest absolute Gasteiger partial charge is 0.317 e. The van der Waals surface area contributed by atoms with Gasteiger partial charge >= 0.3 is 5.97 Å². The summed E-state index contributed by atoms with van der Waals surface area (Å²) in [5.74, 6) is -1.76. The van der Waals surface area contributed by atoms with Gasteiger partial charge in [-0.1, -0.05) is 6.92 Å². The number of nitrogens with zero attached hydrogens (tertiary/aromatic N) is 1. The van der Waals surface area contributed by atoms with E-state index in [-0.39, 0.29) is 29.7 Å². The third kappa shape index (κ3) is 3.75. The van der Waals surface area contributed by atoms with Crippen molar-refractivity contribution < 1.29 is 19.1 Å². The van der Waals surface area contributed by atoms with E-state index < -0.39 is 23.3 Å². The highest BCUT2D eigenvalue weighted by Gasteiger charge is 2.35. The standard InChI is InChI=1S/C18H20FN3O4/c1-2-22(9-17(24)25)12-6-11(7-12)20-18(26)14-8-16(23)21-15-5-10(19)3-4-13(14)15/h3-5,8,11-12H,2,6-7,9H2,1H3,(H,20,26)(H,21,23)(H,24,25). The van der Waals surface area contributed by atoms with Gasteiger partial charge in [0.2, 0.25) is 5.56 Å². The van der Waals surface area contributed by atoms with E-state index in [1.165, 1.54) is 24.3 Å². The van der Waals surface area contributed by atoms with Crippen LogP contribution in [0.25, 0.3) is 10.9 Å². The van der Waals surface area contributed by atoms with Crippen LogP contribution in [0.5, 0.6) is 0 Å². The van der Waals surface area contributed by atoms with Gasteiger partial charge in [0.1, 0.15) is 5.82 Å². The molecule has 1 saturated carbocycles. The van der Waals surface area contributed by atoms with Crippen molar-refractivity contribution >= 4 is 22.8 Å². The molecule has 1 aliphatic rings. The molecule has 138 valence electrons. The van der Waals surface area contributed by atoms with Crippen molar-refractivity contribution in [2.45, 2.75) is 31.8 Å². The number of pyridine rings is 1. The Morgan fingerprint density at radius 2 is 2.08 bits per heavy atom. The van der Waals surface area contributed by atoms with Crippen LogP contribution in [0.4, 0.5) is 4.39 Å². The van der Waals surface area contributed by atoms with Crippen LogP contribution in [0.15, 0.2) is 29.1 Å². The van der Waals surface area contributed by atoms with Crippen LogP contribution < -0.4 is 10.9 Å². The highest BCUT2D eigenvalue weighted by molar-refractivity contribution is 6.06. The van der Waals surface area contributed by atoms with Crippen LogP contribution in [-0.4, -0.2) is 52.0 Å². The number of hydrogen-bond donors (Lipinski definition) is 3. The summed E-state index contributed by atoms with van der Waals surface area (Å²) in [4.78, 5) is 39.6. The Labute approximate surface area is 148 Å². The number of benzene rings is 1. The predicted molar refractivity (Wildman–Crippen MR) is 93.7 cm³/mol. The number of aromatic amines is 1. The lowest BCUT2D eigenvalue weighted by atomic mass is 9.85. The predicted octanol–water partition coefficient (Wildman–Crippen LogP) is 1.33. The zero-order valence-electron chi connectivity index (χ0n) is 14.3. The fourth-order valence-corrected chi connectivity index (χ4v) is 3.36. The van der Waals surface area contributed by atoms with Crippen molar-refractivity contribution in [3.8, 4) is 0 Å². The molecule has 8 heteroatoms. The Hall–Kier alpha value is -2.74. The number of H-pyrrole nitrogens is 1. The molecule has 0 radical (unpaired) electrons. The monoisotopic (exact) mass is 361 g/mol. The van der Waals surface area contributed by atoms with Crippen molar-refractivity contribution in [2.75, 3.05) is 13.1 Å². The molecule has 3 N–H and O–H groups in total. The van der Waals surface area contributed by atoms with E-state index in [0.29, 0.717) is 24.8 Å². The number of fused-ring (bicyclic) bond motifs is 1. The molecule has 2 aromatic rings. The van der Waals surface area contributed by atoms with Gasteiger partial charge in [0, 0.05) is 23.5 Å². The first-order chi connectivity index (χ1) is 12.4. The van der Waals surface area contributed by atoms with E-state index in [0.717, 1.165) is 0 Å². The number of aliphatic carboxylic acids is 1. The summed E-state index contributed by atoms with van der Waals surface area (Å²) >= 11 is 0. The number of likely N-dealkylation sites (N-methyl/N-ethyl adjacent to an activating group) is 1. The molecule has 1 aliphatic carbocycles. The lowest BCUT2D eigenvalue weighted by Gasteiger charge is -2.42. The first kappa shape index (κ1) is 18.1. The molecule has 7 nitrogen and oxygen atoms in total. The Bertz CT molecular complexity index is 905. The number of nitrogens with one attached hydrogen (secondary N) is 2. The Morgan fingerprint density at radius 1 is 1.35 bits per heavy atom. The number of rotatable bonds is 6. The van der Waals surface area contributed by atoms with Crippen LogP contribution in [0.1, 0.15) is 30.1 Å². The topological polar surface area (TPSA) is 102 Å². The average molecular weight is 361 g/mol. The summed E-state index contributed by atoms with van der Waals surface area (Å²) < 4.78 is 13.3. The number of carboxylic acid groups (broad SMARTS) is 1. The molecule has 26 heavy (non-hydrogen) atoms. The lowest BCUT2D eigenvalue weighted by Crippen LogP contribution is -2.54. The highest BCUT2D eigenvalue weighted by Crippen LogP contribution is 2.26. The Morgan fingerprint density at radius 3 is 2.73 bits per heavy atom. The highest BCUT2D eigenvalue weighted by atomic mass is 19.1. The molecule has 0 saturated heterocycles. The number of halogens is 1. The molecular formula is C18H20FN3O4. The Kier molecular flexibility index (Phi) is 5.03. The third-order valence-electron chi connectivity index (χ3n) is 4.76. The van der Waals surface area contributed by atoms with E-state index in [1.807, 2.05) is 11.8 Å². The van der Waals surface area contributed by atoms with Crippen LogP contribution in [-0.2, 0) is 4.79 Å². The van der Waals surface area contributed by atoms with E-state index in [9.17, 15) is 18.8 Å².